The number of hydrogen-bond acceptors (Lipinski definition) is 3. The molecule has 1 aromatic rings. The molecule has 5 heteroatoms. The van der Waals surface area contributed by atoms with Crippen molar-refractivity contribution in [2.75, 3.05) is 0 Å². The topological polar surface area (TPSA) is 58.5 Å². The molecule has 0 aliphatic rings. The number of benzene rings is 1. The molecule has 1 amide bonds. The summed E-state index contributed by atoms with van der Waals surface area (Å²) >= 11 is 5.89. The molecule has 0 saturated carbocycles. The minimum absolute atomic E-state index is 0.0382. The molecule has 0 unspecified atom stereocenters. The smallest absolute Gasteiger partial charge is 0.252 e. The molecule has 0 spiro atoms. The van der Waals surface area contributed by atoms with Crippen molar-refractivity contribution in [1.29, 1.82) is 0 Å². The number of carbonyl (C=O) groups is 1. The fourth-order valence-corrected chi connectivity index (χ4v) is 1.41. The number of carbonyl (C=O) groups excluding carboxylic acids is 2. The zero-order valence-electron chi connectivity index (χ0n) is 8.95. The van der Waals surface area contributed by atoms with Crippen LogP contribution in [-0.4, -0.2) is 18.0 Å². The summed E-state index contributed by atoms with van der Waals surface area (Å²) in [6.07, 6.45) is 1.41. The highest BCUT2D eigenvalue weighted by Gasteiger charge is 2.11. The van der Waals surface area contributed by atoms with Gasteiger partial charge in [-0.05, 0) is 32.0 Å². The van der Waals surface area contributed by atoms with Gasteiger partial charge in [0.05, 0.1) is 16.3 Å². The van der Waals surface area contributed by atoms with Gasteiger partial charge in [-0.3, -0.25) is 4.79 Å². The van der Waals surface area contributed by atoms with E-state index in [0.717, 1.165) is 0 Å². The van der Waals surface area contributed by atoms with Crippen LogP contribution in [-0.2, 0) is 4.79 Å². The first-order valence-corrected chi connectivity index (χ1v) is 5.10. The van der Waals surface area contributed by atoms with E-state index in [1.807, 2.05) is 13.8 Å². The van der Waals surface area contributed by atoms with Crippen molar-refractivity contribution in [3.8, 4) is 0 Å². The maximum Gasteiger partial charge on any atom is 0.252 e. The first-order valence-electron chi connectivity index (χ1n) is 4.73. The Hall–Kier alpha value is -1.64. The maximum absolute atomic E-state index is 11.6. The lowest BCUT2D eigenvalue weighted by Crippen LogP contribution is -2.30. The summed E-state index contributed by atoms with van der Waals surface area (Å²) in [7, 11) is 0. The van der Waals surface area contributed by atoms with Crippen LogP contribution in [0.1, 0.15) is 24.2 Å². The lowest BCUT2D eigenvalue weighted by atomic mass is 10.2. The zero-order valence-corrected chi connectivity index (χ0v) is 9.71. The summed E-state index contributed by atoms with van der Waals surface area (Å²) in [5.41, 5.74) is 0.737. The van der Waals surface area contributed by atoms with E-state index in [-0.39, 0.29) is 17.0 Å². The van der Waals surface area contributed by atoms with Crippen LogP contribution in [0.25, 0.3) is 0 Å². The van der Waals surface area contributed by atoms with E-state index in [9.17, 15) is 9.59 Å². The van der Waals surface area contributed by atoms with Gasteiger partial charge in [0.15, 0.2) is 0 Å². The number of halogens is 1. The highest BCUT2D eigenvalue weighted by Crippen LogP contribution is 2.22. The summed E-state index contributed by atoms with van der Waals surface area (Å²) in [5, 5.41) is 2.98. The third-order valence-corrected chi connectivity index (χ3v) is 2.10. The van der Waals surface area contributed by atoms with Gasteiger partial charge in [-0.25, -0.2) is 4.79 Å². The van der Waals surface area contributed by atoms with Crippen molar-refractivity contribution in [2.45, 2.75) is 19.9 Å². The van der Waals surface area contributed by atoms with E-state index in [1.54, 1.807) is 0 Å². The molecule has 0 bridgehead atoms. The Kier molecular flexibility index (Phi) is 4.23. The molecule has 0 radical (unpaired) electrons. The van der Waals surface area contributed by atoms with Crippen molar-refractivity contribution >= 4 is 29.3 Å². The second-order valence-corrected chi connectivity index (χ2v) is 3.90. The second-order valence-electron chi connectivity index (χ2n) is 3.50. The van der Waals surface area contributed by atoms with Crippen LogP contribution in [0.15, 0.2) is 23.2 Å². The number of hydrogen-bond donors (Lipinski definition) is 1. The number of isocyanates is 1. The Morgan fingerprint density at radius 2 is 2.19 bits per heavy atom. The van der Waals surface area contributed by atoms with Gasteiger partial charge >= 0.3 is 0 Å². The van der Waals surface area contributed by atoms with E-state index >= 15 is 0 Å². The van der Waals surface area contributed by atoms with Gasteiger partial charge in [0, 0.05) is 6.04 Å². The van der Waals surface area contributed by atoms with E-state index in [4.69, 9.17) is 11.6 Å². The van der Waals surface area contributed by atoms with Gasteiger partial charge in [-0.1, -0.05) is 11.6 Å². The molecule has 4 nitrogen and oxygen atoms in total. The maximum atomic E-state index is 11.6. The second kappa shape index (κ2) is 5.45. The molecule has 0 aliphatic heterocycles. The monoisotopic (exact) mass is 238 g/mol. The summed E-state index contributed by atoms with van der Waals surface area (Å²) in [6, 6.07) is 4.54. The largest absolute Gasteiger partial charge is 0.350 e. The molecule has 0 heterocycles. The van der Waals surface area contributed by atoms with E-state index < -0.39 is 0 Å². The standard InChI is InChI=1S/C11H11ClN2O2/c1-7(2)14-11(16)9-4-3-8(13-6-15)5-10(9)12/h3-5,7H,1-2H3,(H,14,16). The minimum atomic E-state index is -0.248. The predicted octanol–water partition coefficient (Wildman–Crippen LogP) is 2.45. The lowest BCUT2D eigenvalue weighted by Gasteiger charge is -2.09. The third-order valence-electron chi connectivity index (χ3n) is 1.79. The normalized spacial score (nSPS) is 9.75. The van der Waals surface area contributed by atoms with Crippen LogP contribution in [0.4, 0.5) is 5.69 Å². The molecule has 16 heavy (non-hydrogen) atoms. The van der Waals surface area contributed by atoms with E-state index in [2.05, 4.69) is 10.3 Å². The SMILES string of the molecule is CC(C)NC(=O)c1ccc(N=C=O)cc1Cl. The Morgan fingerprint density at radius 1 is 1.50 bits per heavy atom. The van der Waals surface area contributed by atoms with E-state index in [0.29, 0.717) is 11.3 Å². The fraction of sp³-hybridized carbons (Fsp3) is 0.273. The zero-order chi connectivity index (χ0) is 12.1. The van der Waals surface area contributed by atoms with Crippen molar-refractivity contribution in [1.82, 2.24) is 5.32 Å². The first kappa shape index (κ1) is 12.4. The molecule has 0 aromatic heterocycles. The van der Waals surface area contributed by atoms with Crippen molar-refractivity contribution in [3.63, 3.8) is 0 Å². The molecule has 1 N–H and O–H groups in total. The fourth-order valence-electron chi connectivity index (χ4n) is 1.15. The number of aliphatic imine (C=N–C) groups is 1. The van der Waals surface area contributed by atoms with Crippen molar-refractivity contribution in [3.05, 3.63) is 28.8 Å². The summed E-state index contributed by atoms with van der Waals surface area (Å²) in [4.78, 5) is 25.1. The summed E-state index contributed by atoms with van der Waals surface area (Å²) in [5.74, 6) is -0.248. The number of rotatable bonds is 3. The van der Waals surface area contributed by atoms with Gasteiger partial charge < -0.3 is 5.32 Å². The average Bonchev–Trinajstić information content (AvgIpc) is 2.16. The first-order chi connectivity index (χ1) is 7.54. The van der Waals surface area contributed by atoms with Crippen LogP contribution in [0.2, 0.25) is 5.02 Å². The molecular weight excluding hydrogens is 228 g/mol. The molecule has 1 rings (SSSR count). The molecule has 84 valence electrons. The molecular formula is C11H11ClN2O2. The van der Waals surface area contributed by atoms with Gasteiger partial charge in [0.1, 0.15) is 0 Å². The van der Waals surface area contributed by atoms with Gasteiger partial charge in [0.25, 0.3) is 5.91 Å². The average molecular weight is 239 g/mol. The predicted molar refractivity (Wildman–Crippen MR) is 61.8 cm³/mol. The van der Waals surface area contributed by atoms with Crippen LogP contribution in [0.3, 0.4) is 0 Å². The molecule has 0 saturated heterocycles. The molecule has 1 aromatic carbocycles. The Morgan fingerprint density at radius 3 is 2.69 bits per heavy atom. The van der Waals surface area contributed by atoms with Crippen LogP contribution in [0.5, 0.6) is 0 Å². The minimum Gasteiger partial charge on any atom is -0.350 e. The molecule has 0 aliphatic carbocycles. The molecule has 0 fully saturated rings. The van der Waals surface area contributed by atoms with Gasteiger partial charge in [-0.2, -0.15) is 4.99 Å². The highest BCUT2D eigenvalue weighted by molar-refractivity contribution is 6.34. The Balaban J connectivity index is 2.98. The number of nitrogens with zero attached hydrogens (tertiary/aromatic N) is 1. The van der Waals surface area contributed by atoms with Gasteiger partial charge in [-0.15, -0.1) is 0 Å². The van der Waals surface area contributed by atoms with Crippen LogP contribution in [0, 0.1) is 0 Å². The summed E-state index contributed by atoms with van der Waals surface area (Å²) in [6.45, 7) is 3.72. The van der Waals surface area contributed by atoms with Crippen molar-refractivity contribution < 1.29 is 9.59 Å². The van der Waals surface area contributed by atoms with Crippen LogP contribution < -0.4 is 5.32 Å². The Bertz CT molecular complexity index is 451. The summed E-state index contributed by atoms with van der Waals surface area (Å²) < 4.78 is 0. The lowest BCUT2D eigenvalue weighted by molar-refractivity contribution is 0.0943. The third kappa shape index (κ3) is 3.19. The van der Waals surface area contributed by atoms with E-state index in [1.165, 1.54) is 24.3 Å². The number of amides is 1. The van der Waals surface area contributed by atoms with Gasteiger partial charge in [0.2, 0.25) is 6.08 Å². The van der Waals surface area contributed by atoms with Crippen LogP contribution >= 0.6 is 11.6 Å². The number of nitrogens with one attached hydrogen (secondary N) is 1. The quantitative estimate of drug-likeness (QED) is 0.650. The van der Waals surface area contributed by atoms with Crippen molar-refractivity contribution in [2.24, 2.45) is 4.99 Å². The Labute approximate surface area is 98.3 Å². The molecule has 0 atom stereocenters. The highest BCUT2D eigenvalue weighted by atomic mass is 35.5.